The molecule has 2 nitrogen and oxygen atoms in total. The van der Waals surface area contributed by atoms with Crippen molar-refractivity contribution in [2.75, 3.05) is 0 Å². The second-order valence-corrected chi connectivity index (χ2v) is 5.43. The van der Waals surface area contributed by atoms with E-state index in [9.17, 15) is 5.26 Å². The highest BCUT2D eigenvalue weighted by molar-refractivity contribution is 5.86. The van der Waals surface area contributed by atoms with Crippen molar-refractivity contribution in [1.29, 1.82) is 5.26 Å². The SMILES string of the molecule is CC(NC(C#N)c1cccc2ccccc12)c1ccccc1. The Hall–Kier alpha value is -2.63. The molecule has 0 aliphatic rings. The van der Waals surface area contributed by atoms with Gasteiger partial charge in [-0.05, 0) is 28.8 Å². The average molecular weight is 286 g/mol. The molecule has 0 aliphatic carbocycles. The molecule has 3 aromatic carbocycles. The van der Waals surface area contributed by atoms with Gasteiger partial charge >= 0.3 is 0 Å². The zero-order chi connectivity index (χ0) is 15.4. The molecule has 22 heavy (non-hydrogen) atoms. The summed E-state index contributed by atoms with van der Waals surface area (Å²) < 4.78 is 0. The van der Waals surface area contributed by atoms with Gasteiger partial charge in [0.25, 0.3) is 0 Å². The van der Waals surface area contributed by atoms with E-state index in [2.05, 4.69) is 48.6 Å². The van der Waals surface area contributed by atoms with Gasteiger partial charge < -0.3 is 0 Å². The number of benzene rings is 3. The van der Waals surface area contributed by atoms with Gasteiger partial charge in [-0.15, -0.1) is 0 Å². The van der Waals surface area contributed by atoms with E-state index in [1.807, 2.05) is 42.5 Å². The molecule has 2 unspecified atom stereocenters. The highest BCUT2D eigenvalue weighted by Crippen LogP contribution is 2.26. The molecule has 2 atom stereocenters. The minimum atomic E-state index is -0.332. The molecule has 1 N–H and O–H groups in total. The number of fused-ring (bicyclic) bond motifs is 1. The number of hydrogen-bond donors (Lipinski definition) is 1. The number of nitriles is 1. The van der Waals surface area contributed by atoms with Gasteiger partial charge in [-0.25, -0.2) is 0 Å². The summed E-state index contributed by atoms with van der Waals surface area (Å²) >= 11 is 0. The third-order valence-electron chi connectivity index (χ3n) is 3.98. The maximum Gasteiger partial charge on any atom is 0.122 e. The third-order valence-corrected chi connectivity index (χ3v) is 3.98. The van der Waals surface area contributed by atoms with Crippen molar-refractivity contribution >= 4 is 10.8 Å². The van der Waals surface area contributed by atoms with Gasteiger partial charge in [0.15, 0.2) is 0 Å². The smallest absolute Gasteiger partial charge is 0.122 e. The normalized spacial score (nSPS) is 13.5. The fourth-order valence-electron chi connectivity index (χ4n) is 2.79. The number of rotatable bonds is 4. The fraction of sp³-hybridized carbons (Fsp3) is 0.150. The van der Waals surface area contributed by atoms with E-state index in [1.165, 1.54) is 5.56 Å². The number of nitrogens with zero attached hydrogens (tertiary/aromatic N) is 1. The lowest BCUT2D eigenvalue weighted by Crippen LogP contribution is -2.23. The molecule has 0 saturated carbocycles. The van der Waals surface area contributed by atoms with Crippen molar-refractivity contribution in [3.63, 3.8) is 0 Å². The summed E-state index contributed by atoms with van der Waals surface area (Å²) in [4.78, 5) is 0. The van der Waals surface area contributed by atoms with Gasteiger partial charge in [-0.1, -0.05) is 72.8 Å². The summed E-state index contributed by atoms with van der Waals surface area (Å²) in [5.74, 6) is 0. The highest BCUT2D eigenvalue weighted by Gasteiger charge is 2.16. The summed E-state index contributed by atoms with van der Waals surface area (Å²) in [6.45, 7) is 2.09. The Balaban J connectivity index is 1.92. The monoisotopic (exact) mass is 286 g/mol. The van der Waals surface area contributed by atoms with E-state index in [0.29, 0.717) is 0 Å². The molecule has 0 amide bonds. The number of nitrogens with one attached hydrogen (secondary N) is 1. The van der Waals surface area contributed by atoms with Crippen LogP contribution in [0.25, 0.3) is 10.8 Å². The van der Waals surface area contributed by atoms with Crippen LogP contribution in [0.2, 0.25) is 0 Å². The Bertz CT molecular complexity index is 797. The maximum atomic E-state index is 9.62. The zero-order valence-corrected chi connectivity index (χ0v) is 12.5. The van der Waals surface area contributed by atoms with Crippen LogP contribution in [0.4, 0.5) is 0 Å². The molecule has 0 aromatic heterocycles. The molecule has 0 aliphatic heterocycles. The van der Waals surface area contributed by atoms with E-state index in [0.717, 1.165) is 16.3 Å². The summed E-state index contributed by atoms with van der Waals surface area (Å²) in [6.07, 6.45) is 0. The lowest BCUT2D eigenvalue weighted by atomic mass is 9.98. The first-order valence-electron chi connectivity index (χ1n) is 7.48. The van der Waals surface area contributed by atoms with Crippen molar-refractivity contribution in [2.24, 2.45) is 0 Å². The molecule has 108 valence electrons. The van der Waals surface area contributed by atoms with Crippen LogP contribution in [-0.2, 0) is 0 Å². The van der Waals surface area contributed by atoms with Gasteiger partial charge in [0.1, 0.15) is 6.04 Å². The summed E-state index contributed by atoms with van der Waals surface area (Å²) in [5, 5.41) is 15.3. The molecule has 3 aromatic rings. The average Bonchev–Trinajstić information content (AvgIpc) is 2.60. The van der Waals surface area contributed by atoms with E-state index >= 15 is 0 Å². The molecule has 0 radical (unpaired) electrons. The minimum Gasteiger partial charge on any atom is -0.292 e. The first kappa shape index (κ1) is 14.3. The summed E-state index contributed by atoms with van der Waals surface area (Å²) in [6, 6.07) is 26.7. The standard InChI is InChI=1S/C20H18N2/c1-15(16-8-3-2-4-9-16)22-20(14-21)19-13-7-11-17-10-5-6-12-18(17)19/h2-13,15,20,22H,1H3. The van der Waals surface area contributed by atoms with Crippen LogP contribution in [0, 0.1) is 11.3 Å². The fourth-order valence-corrected chi connectivity index (χ4v) is 2.79. The molecule has 0 spiro atoms. The van der Waals surface area contributed by atoms with Gasteiger partial charge in [0, 0.05) is 6.04 Å². The molecule has 0 fully saturated rings. The first-order valence-corrected chi connectivity index (χ1v) is 7.48. The largest absolute Gasteiger partial charge is 0.292 e. The van der Waals surface area contributed by atoms with Crippen LogP contribution >= 0.6 is 0 Å². The molecule has 2 heteroatoms. The van der Waals surface area contributed by atoms with Crippen LogP contribution in [0.15, 0.2) is 72.8 Å². The lowest BCUT2D eigenvalue weighted by molar-refractivity contribution is 0.535. The van der Waals surface area contributed by atoms with Crippen molar-refractivity contribution in [3.05, 3.63) is 83.9 Å². The van der Waals surface area contributed by atoms with Crippen molar-refractivity contribution < 1.29 is 0 Å². The quantitative estimate of drug-likeness (QED) is 0.751. The van der Waals surface area contributed by atoms with E-state index in [1.54, 1.807) is 0 Å². The van der Waals surface area contributed by atoms with E-state index in [4.69, 9.17) is 0 Å². The Morgan fingerprint density at radius 2 is 1.55 bits per heavy atom. The zero-order valence-electron chi connectivity index (χ0n) is 12.5. The van der Waals surface area contributed by atoms with Crippen molar-refractivity contribution in [3.8, 4) is 6.07 Å². The van der Waals surface area contributed by atoms with Crippen LogP contribution < -0.4 is 5.32 Å². The first-order chi connectivity index (χ1) is 10.8. The number of hydrogen-bond acceptors (Lipinski definition) is 2. The third kappa shape index (κ3) is 2.86. The highest BCUT2D eigenvalue weighted by atomic mass is 14.9. The van der Waals surface area contributed by atoms with Crippen molar-refractivity contribution in [2.45, 2.75) is 19.0 Å². The molecule has 3 rings (SSSR count). The predicted octanol–water partition coefficient (Wildman–Crippen LogP) is 4.76. The Morgan fingerprint density at radius 3 is 2.32 bits per heavy atom. The van der Waals surface area contributed by atoms with E-state index < -0.39 is 0 Å². The van der Waals surface area contributed by atoms with Gasteiger partial charge in [0.05, 0.1) is 6.07 Å². The Morgan fingerprint density at radius 1 is 0.864 bits per heavy atom. The minimum absolute atomic E-state index is 0.116. The summed E-state index contributed by atoms with van der Waals surface area (Å²) in [7, 11) is 0. The van der Waals surface area contributed by atoms with Gasteiger partial charge in [0.2, 0.25) is 0 Å². The Kier molecular flexibility index (Phi) is 4.18. The van der Waals surface area contributed by atoms with Crippen LogP contribution in [-0.4, -0.2) is 0 Å². The second kappa shape index (κ2) is 6.43. The van der Waals surface area contributed by atoms with Gasteiger partial charge in [-0.2, -0.15) is 5.26 Å². The maximum absolute atomic E-state index is 9.62. The van der Waals surface area contributed by atoms with Crippen LogP contribution in [0.1, 0.15) is 30.1 Å². The molecule has 0 bridgehead atoms. The molecule has 0 saturated heterocycles. The second-order valence-electron chi connectivity index (χ2n) is 5.43. The predicted molar refractivity (Wildman–Crippen MR) is 90.3 cm³/mol. The van der Waals surface area contributed by atoms with Crippen molar-refractivity contribution in [1.82, 2.24) is 5.32 Å². The topological polar surface area (TPSA) is 35.8 Å². The Labute approximate surface area is 131 Å². The van der Waals surface area contributed by atoms with Gasteiger partial charge in [-0.3, -0.25) is 5.32 Å². The molecular formula is C20H18N2. The van der Waals surface area contributed by atoms with Crippen LogP contribution in [0.5, 0.6) is 0 Å². The molecule has 0 heterocycles. The molecular weight excluding hydrogens is 268 g/mol. The van der Waals surface area contributed by atoms with Crippen LogP contribution in [0.3, 0.4) is 0 Å². The summed E-state index contributed by atoms with van der Waals surface area (Å²) in [5.41, 5.74) is 2.21. The lowest BCUT2D eigenvalue weighted by Gasteiger charge is -2.20. The van der Waals surface area contributed by atoms with E-state index in [-0.39, 0.29) is 12.1 Å².